The number of methoxy groups -OCH3 is 2. The zero-order valence-electron chi connectivity index (χ0n) is 17.5. The minimum Gasteiger partial charge on any atom is -0.497 e. The normalized spacial score (nSPS) is 10.9. The van der Waals surface area contributed by atoms with Gasteiger partial charge in [0, 0.05) is 18.2 Å². The fourth-order valence-electron chi connectivity index (χ4n) is 3.13. The van der Waals surface area contributed by atoms with E-state index in [1.54, 1.807) is 67.6 Å². The minimum atomic E-state index is -3.92. The Balaban J connectivity index is 1.98. The Kier molecular flexibility index (Phi) is 6.81. The number of carbonyl (C=O) groups excluding carboxylic acids is 1. The number of amides is 1. The van der Waals surface area contributed by atoms with Crippen molar-refractivity contribution >= 4 is 27.3 Å². The van der Waals surface area contributed by atoms with Gasteiger partial charge in [-0.05, 0) is 43.3 Å². The van der Waals surface area contributed by atoms with Crippen molar-refractivity contribution in [2.75, 3.05) is 30.4 Å². The van der Waals surface area contributed by atoms with E-state index in [9.17, 15) is 13.2 Å². The van der Waals surface area contributed by atoms with Gasteiger partial charge in [0.2, 0.25) is 0 Å². The van der Waals surface area contributed by atoms with Crippen LogP contribution in [0.1, 0.15) is 17.3 Å². The molecule has 3 aromatic rings. The van der Waals surface area contributed by atoms with Crippen LogP contribution in [0.2, 0.25) is 0 Å². The fraction of sp³-hybridized carbons (Fsp3) is 0.174. The number of hydrogen-bond donors (Lipinski definition) is 1. The summed E-state index contributed by atoms with van der Waals surface area (Å²) in [5.41, 5.74) is 1.01. The van der Waals surface area contributed by atoms with Gasteiger partial charge in [0.15, 0.2) is 0 Å². The Bertz CT molecular complexity index is 1140. The van der Waals surface area contributed by atoms with Gasteiger partial charge in [-0.25, -0.2) is 8.42 Å². The summed E-state index contributed by atoms with van der Waals surface area (Å²) >= 11 is 0. The van der Waals surface area contributed by atoms with E-state index in [0.29, 0.717) is 17.2 Å². The summed E-state index contributed by atoms with van der Waals surface area (Å²) in [6.45, 7) is 2.00. The molecule has 0 aliphatic heterocycles. The molecule has 0 saturated carbocycles. The highest BCUT2D eigenvalue weighted by atomic mass is 32.2. The van der Waals surface area contributed by atoms with E-state index in [2.05, 4.69) is 5.32 Å². The molecule has 7 nitrogen and oxygen atoms in total. The summed E-state index contributed by atoms with van der Waals surface area (Å²) < 4.78 is 38.6. The van der Waals surface area contributed by atoms with Crippen LogP contribution in [0.5, 0.6) is 11.5 Å². The number of rotatable bonds is 8. The highest BCUT2D eigenvalue weighted by Gasteiger charge is 2.27. The first kappa shape index (κ1) is 22.2. The van der Waals surface area contributed by atoms with Crippen LogP contribution in [0.15, 0.2) is 77.7 Å². The second-order valence-corrected chi connectivity index (χ2v) is 8.39. The van der Waals surface area contributed by atoms with Gasteiger partial charge in [0.25, 0.3) is 15.9 Å². The third-order valence-corrected chi connectivity index (χ3v) is 6.61. The number of benzene rings is 3. The summed E-state index contributed by atoms with van der Waals surface area (Å²) in [6, 6.07) is 19.9. The number of hydrogen-bond acceptors (Lipinski definition) is 5. The third-order valence-electron chi connectivity index (χ3n) is 4.65. The molecule has 0 fully saturated rings. The molecule has 162 valence electrons. The van der Waals surface area contributed by atoms with Crippen LogP contribution in [0.25, 0.3) is 0 Å². The topological polar surface area (TPSA) is 84.9 Å². The van der Waals surface area contributed by atoms with Gasteiger partial charge in [-0.1, -0.05) is 30.3 Å². The summed E-state index contributed by atoms with van der Waals surface area (Å²) in [4.78, 5) is 12.9. The van der Waals surface area contributed by atoms with Crippen molar-refractivity contribution in [2.45, 2.75) is 11.8 Å². The predicted octanol–water partition coefficient (Wildman–Crippen LogP) is 4.17. The number of sulfonamides is 1. The Morgan fingerprint density at radius 3 is 2.06 bits per heavy atom. The number of anilines is 2. The lowest BCUT2D eigenvalue weighted by Gasteiger charge is -2.24. The Labute approximate surface area is 182 Å². The molecule has 0 radical (unpaired) electrons. The van der Waals surface area contributed by atoms with E-state index in [-0.39, 0.29) is 22.7 Å². The Hall–Kier alpha value is -3.52. The smallest absolute Gasteiger partial charge is 0.266 e. The highest BCUT2D eigenvalue weighted by Crippen LogP contribution is 2.29. The van der Waals surface area contributed by atoms with Crippen LogP contribution >= 0.6 is 0 Å². The molecular weight excluding hydrogens is 416 g/mol. The summed E-state index contributed by atoms with van der Waals surface area (Å²) in [7, 11) is -0.944. The van der Waals surface area contributed by atoms with Crippen LogP contribution in [0, 0.1) is 0 Å². The molecule has 1 amide bonds. The molecular formula is C23H24N2O5S. The lowest BCUT2D eigenvalue weighted by Crippen LogP contribution is -2.31. The van der Waals surface area contributed by atoms with E-state index in [0.717, 1.165) is 0 Å². The molecule has 31 heavy (non-hydrogen) atoms. The van der Waals surface area contributed by atoms with Gasteiger partial charge in [-0.3, -0.25) is 9.10 Å². The minimum absolute atomic E-state index is 0.00362. The van der Waals surface area contributed by atoms with Crippen LogP contribution in [0.3, 0.4) is 0 Å². The van der Waals surface area contributed by atoms with Gasteiger partial charge in [0.05, 0.1) is 25.6 Å². The van der Waals surface area contributed by atoms with Crippen molar-refractivity contribution < 1.29 is 22.7 Å². The molecule has 0 bridgehead atoms. The molecule has 0 aromatic heterocycles. The number of nitrogens with zero attached hydrogens (tertiary/aromatic N) is 1. The average molecular weight is 441 g/mol. The average Bonchev–Trinajstić information content (AvgIpc) is 2.80. The highest BCUT2D eigenvalue weighted by molar-refractivity contribution is 7.93. The van der Waals surface area contributed by atoms with Crippen molar-refractivity contribution in [3.05, 3.63) is 78.4 Å². The molecule has 0 spiro atoms. The summed E-state index contributed by atoms with van der Waals surface area (Å²) in [5.74, 6) is 0.417. The maximum atomic E-state index is 13.4. The molecule has 0 aliphatic rings. The largest absolute Gasteiger partial charge is 0.497 e. The number of carbonyl (C=O) groups is 1. The first-order valence-electron chi connectivity index (χ1n) is 9.62. The fourth-order valence-corrected chi connectivity index (χ4v) is 4.76. The van der Waals surface area contributed by atoms with Gasteiger partial charge in [-0.15, -0.1) is 0 Å². The van der Waals surface area contributed by atoms with Gasteiger partial charge < -0.3 is 14.8 Å². The van der Waals surface area contributed by atoms with Gasteiger partial charge >= 0.3 is 0 Å². The third kappa shape index (κ3) is 4.80. The summed E-state index contributed by atoms with van der Waals surface area (Å²) in [6.07, 6.45) is 0. The van der Waals surface area contributed by atoms with Crippen LogP contribution in [-0.2, 0) is 10.0 Å². The van der Waals surface area contributed by atoms with Crippen molar-refractivity contribution in [3.8, 4) is 11.5 Å². The maximum Gasteiger partial charge on any atom is 0.266 e. The zero-order valence-corrected chi connectivity index (χ0v) is 18.3. The molecule has 3 aromatic carbocycles. The standard InChI is InChI=1S/C23H24N2O5S/c1-4-25(18-10-6-5-7-11-18)31(27,28)22-13-9-8-12-21(22)24-23(26)17-14-19(29-2)16-20(15-17)30-3/h5-16H,4H2,1-3H3,(H,24,26). The van der Waals surface area contributed by atoms with Gasteiger partial charge in [0.1, 0.15) is 16.4 Å². The first-order valence-corrected chi connectivity index (χ1v) is 11.1. The number of para-hydroxylation sites is 2. The number of ether oxygens (including phenoxy) is 2. The quantitative estimate of drug-likeness (QED) is 0.568. The first-order chi connectivity index (χ1) is 14.9. The lowest BCUT2D eigenvalue weighted by molar-refractivity contribution is 0.102. The molecule has 1 N–H and O–H groups in total. The monoisotopic (exact) mass is 440 g/mol. The SMILES string of the molecule is CCN(c1ccccc1)S(=O)(=O)c1ccccc1NC(=O)c1cc(OC)cc(OC)c1. The molecule has 0 atom stereocenters. The predicted molar refractivity (Wildman–Crippen MR) is 121 cm³/mol. The molecule has 8 heteroatoms. The van der Waals surface area contributed by atoms with Crippen molar-refractivity contribution in [1.29, 1.82) is 0 Å². The second-order valence-electron chi connectivity index (χ2n) is 6.56. The molecule has 0 unspecified atom stereocenters. The van der Waals surface area contributed by atoms with E-state index in [1.165, 1.54) is 24.6 Å². The summed E-state index contributed by atoms with van der Waals surface area (Å²) in [5, 5.41) is 2.71. The van der Waals surface area contributed by atoms with Crippen molar-refractivity contribution in [1.82, 2.24) is 0 Å². The zero-order chi connectivity index (χ0) is 22.4. The Morgan fingerprint density at radius 2 is 1.48 bits per heavy atom. The molecule has 3 rings (SSSR count). The van der Waals surface area contributed by atoms with E-state index >= 15 is 0 Å². The second kappa shape index (κ2) is 9.53. The lowest BCUT2D eigenvalue weighted by atomic mass is 10.2. The maximum absolute atomic E-state index is 13.4. The molecule has 0 heterocycles. The number of nitrogens with one attached hydrogen (secondary N) is 1. The van der Waals surface area contributed by atoms with Gasteiger partial charge in [-0.2, -0.15) is 0 Å². The van der Waals surface area contributed by atoms with E-state index in [1.807, 2.05) is 6.07 Å². The van der Waals surface area contributed by atoms with E-state index < -0.39 is 15.9 Å². The van der Waals surface area contributed by atoms with E-state index in [4.69, 9.17) is 9.47 Å². The van der Waals surface area contributed by atoms with Crippen LogP contribution < -0.4 is 19.1 Å². The molecule has 0 saturated heterocycles. The van der Waals surface area contributed by atoms with Crippen molar-refractivity contribution in [3.63, 3.8) is 0 Å². The van der Waals surface area contributed by atoms with Crippen LogP contribution in [-0.4, -0.2) is 35.1 Å². The van der Waals surface area contributed by atoms with Crippen molar-refractivity contribution in [2.24, 2.45) is 0 Å². The molecule has 0 aliphatic carbocycles. The van der Waals surface area contributed by atoms with Crippen LogP contribution in [0.4, 0.5) is 11.4 Å². The Morgan fingerprint density at radius 1 is 0.903 bits per heavy atom.